The quantitative estimate of drug-likeness (QED) is 0.0999. The molecule has 0 bridgehead atoms. The lowest BCUT2D eigenvalue weighted by Gasteiger charge is -2.58. The summed E-state index contributed by atoms with van der Waals surface area (Å²) < 4.78 is 5.95. The number of ether oxygens (including phenoxy) is 1. The van der Waals surface area contributed by atoms with Gasteiger partial charge in [-0.25, -0.2) is 4.79 Å². The van der Waals surface area contributed by atoms with Gasteiger partial charge in [0.2, 0.25) is 5.91 Å². The van der Waals surface area contributed by atoms with E-state index in [9.17, 15) is 39.3 Å². The van der Waals surface area contributed by atoms with Crippen LogP contribution >= 0.6 is 0 Å². The Morgan fingerprint density at radius 2 is 1.25 bits per heavy atom. The number of carboxylic acid groups (broad SMARTS) is 3. The number of carbonyl (C=O) groups excluding carboxylic acids is 2. The predicted octanol–water partition coefficient (Wildman–Crippen LogP) is 4.71. The Balaban J connectivity index is 1.06. The minimum absolute atomic E-state index is 0.00729. The van der Waals surface area contributed by atoms with Gasteiger partial charge in [0.15, 0.2) is 0 Å². The standard InChI is InChI=1S/C46H78N6O9/c1-32(2)7-6-8-33(3)37-11-12-38-36-10-9-34-27-35(13-15-45(34,4)39(36)14-16-46(37,38)5)61-44(60)48-18-17-47-40(53)28-49-19-21-50(29-41(54)55)23-25-52(31-43(58)59)26-24-51(22-20-49)30-42(56)57/h9,32-33,35-39H,6-8,10-31H2,1-5H3,(H,47,53)(H,48,60)(H,54,55)(H,56,57)(H,58,59)/t33-,35+,36+,37-,38+,39+,45+,46-/m1/s1. The molecule has 3 saturated carbocycles. The lowest BCUT2D eigenvalue weighted by molar-refractivity contribution is -0.140. The van der Waals surface area contributed by atoms with Crippen molar-refractivity contribution in [3.8, 4) is 0 Å². The van der Waals surface area contributed by atoms with Crippen LogP contribution in [-0.4, -0.2) is 163 Å². The van der Waals surface area contributed by atoms with E-state index in [-0.39, 0.29) is 56.7 Å². The smallest absolute Gasteiger partial charge is 0.407 e. The van der Waals surface area contributed by atoms with Crippen molar-refractivity contribution >= 4 is 29.9 Å². The third-order valence-electron chi connectivity index (χ3n) is 15.6. The van der Waals surface area contributed by atoms with Gasteiger partial charge in [0.05, 0.1) is 26.2 Å². The molecule has 1 heterocycles. The third-order valence-corrected chi connectivity index (χ3v) is 15.6. The third kappa shape index (κ3) is 13.6. The van der Waals surface area contributed by atoms with E-state index >= 15 is 0 Å². The van der Waals surface area contributed by atoms with E-state index < -0.39 is 24.0 Å². The van der Waals surface area contributed by atoms with Gasteiger partial charge in [-0.05, 0) is 91.3 Å². The van der Waals surface area contributed by atoms with E-state index in [0.717, 1.165) is 55.3 Å². The van der Waals surface area contributed by atoms with Gasteiger partial charge in [-0.2, -0.15) is 0 Å². The number of amides is 2. The van der Waals surface area contributed by atoms with E-state index in [2.05, 4.69) is 51.3 Å². The molecule has 1 aliphatic heterocycles. The number of allylic oxidation sites excluding steroid dienone is 1. The highest BCUT2D eigenvalue weighted by atomic mass is 16.6. The van der Waals surface area contributed by atoms with Gasteiger partial charge in [-0.1, -0.05) is 65.5 Å². The molecule has 4 aliphatic carbocycles. The van der Waals surface area contributed by atoms with E-state index in [1.807, 2.05) is 4.90 Å². The minimum Gasteiger partial charge on any atom is -0.480 e. The van der Waals surface area contributed by atoms with E-state index in [1.165, 1.54) is 50.5 Å². The van der Waals surface area contributed by atoms with Crippen molar-refractivity contribution in [1.29, 1.82) is 0 Å². The zero-order chi connectivity index (χ0) is 44.3. The van der Waals surface area contributed by atoms with Crippen LogP contribution in [0.2, 0.25) is 0 Å². The maximum Gasteiger partial charge on any atom is 0.407 e. The van der Waals surface area contributed by atoms with Gasteiger partial charge in [0.25, 0.3) is 0 Å². The van der Waals surface area contributed by atoms with Crippen LogP contribution in [0.1, 0.15) is 105 Å². The summed E-state index contributed by atoms with van der Waals surface area (Å²) in [4.78, 5) is 67.7. The molecule has 1 saturated heterocycles. The summed E-state index contributed by atoms with van der Waals surface area (Å²) in [6.07, 6.45) is 15.1. The zero-order valence-electron chi connectivity index (χ0n) is 37.9. The zero-order valence-corrected chi connectivity index (χ0v) is 37.9. The van der Waals surface area contributed by atoms with Crippen LogP contribution in [0.5, 0.6) is 0 Å². The normalized spacial score (nSPS) is 31.3. The van der Waals surface area contributed by atoms with Crippen LogP contribution in [0.3, 0.4) is 0 Å². The number of alkyl carbamates (subject to hydrolysis) is 1. The number of aliphatic carboxylic acids is 3. The number of hydrogen-bond acceptors (Lipinski definition) is 10. The van der Waals surface area contributed by atoms with Gasteiger partial charge < -0.3 is 30.7 Å². The summed E-state index contributed by atoms with van der Waals surface area (Å²) in [5, 5.41) is 34.0. The van der Waals surface area contributed by atoms with Gasteiger partial charge in [-0.15, -0.1) is 0 Å². The lowest BCUT2D eigenvalue weighted by atomic mass is 9.47. The van der Waals surface area contributed by atoms with Crippen molar-refractivity contribution in [2.75, 3.05) is 91.6 Å². The molecule has 346 valence electrons. The summed E-state index contributed by atoms with van der Waals surface area (Å²) in [5.74, 6) is 1.37. The highest BCUT2D eigenvalue weighted by molar-refractivity contribution is 5.78. The van der Waals surface area contributed by atoms with Crippen molar-refractivity contribution in [2.24, 2.45) is 46.3 Å². The molecule has 0 unspecified atom stereocenters. The largest absolute Gasteiger partial charge is 0.480 e. The molecule has 15 nitrogen and oxygen atoms in total. The molecule has 5 N–H and O–H groups in total. The molecule has 61 heavy (non-hydrogen) atoms. The van der Waals surface area contributed by atoms with E-state index in [0.29, 0.717) is 63.7 Å². The Morgan fingerprint density at radius 1 is 0.705 bits per heavy atom. The lowest BCUT2D eigenvalue weighted by Crippen LogP contribution is -2.51. The molecule has 5 aliphatic rings. The van der Waals surface area contributed by atoms with Crippen LogP contribution in [0.4, 0.5) is 4.79 Å². The molecule has 15 heteroatoms. The predicted molar refractivity (Wildman–Crippen MR) is 233 cm³/mol. The van der Waals surface area contributed by atoms with Gasteiger partial charge in [-0.3, -0.25) is 38.8 Å². The number of nitrogens with zero attached hydrogens (tertiary/aromatic N) is 4. The highest BCUT2D eigenvalue weighted by Crippen LogP contribution is 2.67. The van der Waals surface area contributed by atoms with Crippen molar-refractivity contribution < 1.29 is 44.0 Å². The molecule has 8 atom stereocenters. The molecule has 0 spiro atoms. The summed E-state index contributed by atoms with van der Waals surface area (Å²) in [5.41, 5.74) is 2.10. The molecule has 0 aromatic carbocycles. The van der Waals surface area contributed by atoms with Crippen LogP contribution in [0, 0.1) is 46.3 Å². The Hall–Kier alpha value is -3.27. The number of carbonyl (C=O) groups is 5. The Kier molecular flexibility index (Phi) is 17.9. The molecular weight excluding hydrogens is 781 g/mol. The van der Waals surface area contributed by atoms with Gasteiger partial charge in [0.1, 0.15) is 6.10 Å². The van der Waals surface area contributed by atoms with Gasteiger partial charge in [0, 0.05) is 71.9 Å². The second kappa shape index (κ2) is 22.4. The van der Waals surface area contributed by atoms with Crippen LogP contribution in [0.25, 0.3) is 0 Å². The molecule has 0 aromatic rings. The number of rotatable bonds is 17. The Morgan fingerprint density at radius 3 is 1.79 bits per heavy atom. The second-order valence-electron chi connectivity index (χ2n) is 20.1. The van der Waals surface area contributed by atoms with E-state index in [4.69, 9.17) is 4.74 Å². The van der Waals surface area contributed by atoms with Crippen molar-refractivity contribution in [1.82, 2.24) is 30.2 Å². The first-order chi connectivity index (χ1) is 29.0. The van der Waals surface area contributed by atoms with Crippen LogP contribution in [-0.2, 0) is 23.9 Å². The maximum absolute atomic E-state index is 13.1. The van der Waals surface area contributed by atoms with E-state index in [1.54, 1.807) is 14.7 Å². The van der Waals surface area contributed by atoms with Crippen molar-refractivity contribution in [3.63, 3.8) is 0 Å². The topological polar surface area (TPSA) is 192 Å². The first-order valence-electron chi connectivity index (χ1n) is 23.4. The Labute approximate surface area is 364 Å². The average molecular weight is 859 g/mol. The molecule has 2 amide bonds. The SMILES string of the molecule is CC(C)CCC[C@@H](C)[C@H]1CC[C@H]2[C@@H]3CC=C4C[C@@H](OC(=O)NCCNC(=O)CN5CCN(CC(=O)O)CCN(CC(=O)O)CCN(CC(=O)O)CC5)CC[C@]4(C)[C@H]3CC[C@]12C. The summed E-state index contributed by atoms with van der Waals surface area (Å²) in [6, 6.07) is 0. The maximum atomic E-state index is 13.1. The Bertz CT molecular complexity index is 1510. The van der Waals surface area contributed by atoms with Crippen LogP contribution in [0.15, 0.2) is 11.6 Å². The average Bonchev–Trinajstić information content (AvgIpc) is 3.54. The fraction of sp³-hybridized carbons (Fsp3) is 0.848. The highest BCUT2D eigenvalue weighted by Gasteiger charge is 2.59. The first-order valence-corrected chi connectivity index (χ1v) is 23.4. The summed E-state index contributed by atoms with van der Waals surface area (Å²) >= 11 is 0. The molecule has 4 fully saturated rings. The number of carboxylic acids is 3. The number of nitrogens with one attached hydrogen (secondary N) is 2. The fourth-order valence-corrected chi connectivity index (χ4v) is 12.4. The number of fused-ring (bicyclic) bond motifs is 5. The molecular formula is C46H78N6O9. The monoisotopic (exact) mass is 859 g/mol. The van der Waals surface area contributed by atoms with Crippen LogP contribution < -0.4 is 10.6 Å². The minimum atomic E-state index is -1.02. The van der Waals surface area contributed by atoms with Crippen molar-refractivity contribution in [3.05, 3.63) is 11.6 Å². The number of hydrogen-bond donors (Lipinski definition) is 5. The fourth-order valence-electron chi connectivity index (χ4n) is 12.4. The van der Waals surface area contributed by atoms with Gasteiger partial charge >= 0.3 is 24.0 Å². The van der Waals surface area contributed by atoms with Crippen molar-refractivity contribution in [2.45, 2.75) is 111 Å². The molecule has 0 aromatic heterocycles. The summed E-state index contributed by atoms with van der Waals surface area (Å²) in [7, 11) is 0. The molecule has 0 radical (unpaired) electrons. The second-order valence-corrected chi connectivity index (χ2v) is 20.1. The molecule has 5 rings (SSSR count). The summed E-state index contributed by atoms with van der Waals surface area (Å²) in [6.45, 7) is 14.6. The first kappa shape index (κ1) is 48.8.